The van der Waals surface area contributed by atoms with Crippen molar-refractivity contribution >= 4 is 13.6 Å². The van der Waals surface area contributed by atoms with Gasteiger partial charge in [0.1, 0.15) is 18.8 Å². The number of esters is 1. The molecule has 6 unspecified atom stereocenters. The van der Waals surface area contributed by atoms with Gasteiger partial charge in [0.2, 0.25) is 0 Å². The molecule has 0 aromatic carbocycles. The van der Waals surface area contributed by atoms with Crippen LogP contribution in [0.15, 0.2) is 0 Å². The predicted molar refractivity (Wildman–Crippen MR) is 290 cm³/mol. The largest absolute Gasteiger partial charge is 0.463 e. The van der Waals surface area contributed by atoms with Gasteiger partial charge in [-0.3, -0.25) is 9.36 Å². The van der Waals surface area contributed by atoms with Crippen molar-refractivity contribution in [3.63, 3.8) is 0 Å². The van der Waals surface area contributed by atoms with Crippen molar-refractivity contribution < 1.29 is 46.8 Å². The van der Waals surface area contributed by atoms with E-state index in [2.05, 4.69) is 69.2 Å². The first-order valence-electron chi connectivity index (χ1n) is 30.0. The summed E-state index contributed by atoms with van der Waals surface area (Å²) in [4.78, 5) is 13.0. The van der Waals surface area contributed by atoms with E-state index in [4.69, 9.17) is 37.5 Å². The molecule has 0 amide bonds. The maximum absolute atomic E-state index is 14.3. The Balaban J connectivity index is 1.96. The van der Waals surface area contributed by atoms with Crippen LogP contribution in [0, 0.1) is 35.5 Å². The molecule has 2 fully saturated rings. The Hall–Kier alpha value is -0.580. The molecule has 2 saturated heterocycles. The lowest BCUT2D eigenvalue weighted by molar-refractivity contribution is -0.268. The minimum atomic E-state index is -3.68. The zero-order valence-corrected chi connectivity index (χ0v) is 48.6. The van der Waals surface area contributed by atoms with Crippen molar-refractivity contribution in [3.05, 3.63) is 0 Å². The SMILES string of the molecule is CCCCCCCCCCCCCCCCO[C@H](COC(=O)CCCCCCCCCCCCCCC)COP(C)(=O)OC(CO[C@H]1OC(CC)[C@@H](C)[C@H](C)C1C)CO[C@H]1OC(CC)[C@@H](C)C(C)[C@H]1C. The molecule has 2 heterocycles. The highest BCUT2D eigenvalue weighted by Gasteiger charge is 2.41. The Morgan fingerprint density at radius 3 is 1.21 bits per heavy atom. The molecule has 0 aliphatic carbocycles. The smallest absolute Gasteiger partial charge is 0.328 e. The monoisotopic (exact) mass is 1010 g/mol. The summed E-state index contributed by atoms with van der Waals surface area (Å²) in [5.74, 6) is 1.78. The molecule has 0 saturated carbocycles. The van der Waals surface area contributed by atoms with Crippen LogP contribution in [-0.4, -0.2) is 82.7 Å². The highest BCUT2D eigenvalue weighted by atomic mass is 31.2. The molecule has 0 aromatic heterocycles. The van der Waals surface area contributed by atoms with Gasteiger partial charge < -0.3 is 37.5 Å². The van der Waals surface area contributed by atoms with Crippen LogP contribution in [0.25, 0.3) is 0 Å². The highest BCUT2D eigenvalue weighted by molar-refractivity contribution is 7.53. The molecular formula is C59H115O10P. The predicted octanol–water partition coefficient (Wildman–Crippen LogP) is 17.2. The molecular weight excluding hydrogens is 900 g/mol. The average Bonchev–Trinajstić information content (AvgIpc) is 3.34. The second kappa shape index (κ2) is 40.7. The van der Waals surface area contributed by atoms with Crippen LogP contribution >= 0.6 is 7.60 Å². The first-order chi connectivity index (χ1) is 33.8. The van der Waals surface area contributed by atoms with Gasteiger partial charge in [0.25, 0.3) is 0 Å². The number of carbonyl (C=O) groups is 1. The summed E-state index contributed by atoms with van der Waals surface area (Å²) >= 11 is 0. The normalized spacial score (nSPS) is 26.8. The molecule has 10 nitrogen and oxygen atoms in total. The van der Waals surface area contributed by atoms with Crippen molar-refractivity contribution in [3.8, 4) is 0 Å². The van der Waals surface area contributed by atoms with Crippen LogP contribution in [0.2, 0.25) is 0 Å². The summed E-state index contributed by atoms with van der Waals surface area (Å²) in [7, 11) is -3.68. The molecule has 0 aromatic rings. The number of unbranched alkanes of at least 4 members (excludes halogenated alkanes) is 25. The van der Waals surface area contributed by atoms with Gasteiger partial charge in [0.05, 0.1) is 32.0 Å². The Bertz CT molecular complexity index is 1240. The summed E-state index contributed by atoms with van der Waals surface area (Å²) in [6.45, 7) is 24.5. The Kier molecular flexibility index (Phi) is 38.1. The maximum Gasteiger partial charge on any atom is 0.328 e. The van der Waals surface area contributed by atoms with Gasteiger partial charge in [-0.25, -0.2) is 0 Å². The summed E-state index contributed by atoms with van der Waals surface area (Å²) in [5.41, 5.74) is 0. The van der Waals surface area contributed by atoms with Gasteiger partial charge >= 0.3 is 13.6 Å². The van der Waals surface area contributed by atoms with Gasteiger partial charge in [-0.2, -0.15) is 0 Å². The average molecular weight is 1020 g/mol. The van der Waals surface area contributed by atoms with Crippen LogP contribution in [-0.2, 0) is 46.8 Å². The van der Waals surface area contributed by atoms with E-state index in [0.29, 0.717) is 36.7 Å². The summed E-state index contributed by atoms with van der Waals surface area (Å²) < 4.78 is 64.8. The lowest BCUT2D eigenvalue weighted by Gasteiger charge is -2.44. The number of hydrogen-bond acceptors (Lipinski definition) is 10. The Morgan fingerprint density at radius 1 is 0.457 bits per heavy atom. The fourth-order valence-corrected chi connectivity index (χ4v) is 11.7. The molecule has 0 radical (unpaired) electrons. The van der Waals surface area contributed by atoms with Crippen LogP contribution < -0.4 is 0 Å². The van der Waals surface area contributed by atoms with E-state index in [1.54, 1.807) is 0 Å². The lowest BCUT2D eigenvalue weighted by atomic mass is 9.78. The van der Waals surface area contributed by atoms with E-state index in [1.165, 1.54) is 148 Å². The topological polar surface area (TPSA) is 108 Å². The molecule has 0 N–H and O–H groups in total. The Morgan fingerprint density at radius 2 is 0.829 bits per heavy atom. The van der Waals surface area contributed by atoms with E-state index >= 15 is 0 Å². The minimum Gasteiger partial charge on any atom is -0.463 e. The highest BCUT2D eigenvalue weighted by Crippen LogP contribution is 2.46. The molecule has 11 heteroatoms. The van der Waals surface area contributed by atoms with Crippen LogP contribution in [0.3, 0.4) is 0 Å². The molecule has 13 atom stereocenters. The summed E-state index contributed by atoms with van der Waals surface area (Å²) in [6.07, 6.45) is 34.6. The quantitative estimate of drug-likeness (QED) is 0.0332. The summed E-state index contributed by atoms with van der Waals surface area (Å²) in [5, 5.41) is 0. The van der Waals surface area contributed by atoms with Crippen LogP contribution in [0.5, 0.6) is 0 Å². The fraction of sp³-hybridized carbons (Fsp3) is 0.983. The Labute approximate surface area is 432 Å². The first-order valence-corrected chi connectivity index (χ1v) is 32.0. The molecule has 0 spiro atoms. The number of rotatable bonds is 45. The zero-order chi connectivity index (χ0) is 51.4. The van der Waals surface area contributed by atoms with Gasteiger partial charge in [-0.05, 0) is 49.4 Å². The van der Waals surface area contributed by atoms with Gasteiger partial charge in [-0.1, -0.05) is 230 Å². The van der Waals surface area contributed by atoms with Gasteiger partial charge in [0.15, 0.2) is 12.6 Å². The molecule has 416 valence electrons. The van der Waals surface area contributed by atoms with Gasteiger partial charge in [0, 0.05) is 31.5 Å². The molecule has 2 aliphatic rings. The van der Waals surface area contributed by atoms with E-state index in [1.807, 2.05) is 0 Å². The second-order valence-corrected chi connectivity index (χ2v) is 24.3. The zero-order valence-electron chi connectivity index (χ0n) is 47.7. The fourth-order valence-electron chi connectivity index (χ4n) is 10.6. The van der Waals surface area contributed by atoms with E-state index in [9.17, 15) is 9.36 Å². The van der Waals surface area contributed by atoms with Crippen LogP contribution in [0.1, 0.15) is 262 Å². The maximum atomic E-state index is 14.3. The van der Waals surface area contributed by atoms with Crippen molar-refractivity contribution in [1.82, 2.24) is 0 Å². The second-order valence-electron chi connectivity index (χ2n) is 22.3. The standard InChI is InChI=1S/C59H115O10P/c1-12-16-18-20-22-24-26-28-30-32-34-36-38-40-42-62-53(43-63-57(60)41-39-37-35-33-31-29-27-25-23-21-19-17-13-2)46-66-70(11,61)69-54(44-64-58-51(9)47(5)49(7)55(14-3)67-58)45-65-59-52(10)48(6)50(8)56(15-4)68-59/h47-56,58-59H,12-46H2,1-11H3/t47-,48?,49-,50-,51?,52+,53+,54?,55?,56?,58-,59-,70?/m0/s1. The van der Waals surface area contributed by atoms with Crippen molar-refractivity contribution in [2.75, 3.05) is 39.7 Å². The molecule has 70 heavy (non-hydrogen) atoms. The van der Waals surface area contributed by atoms with Crippen molar-refractivity contribution in [2.24, 2.45) is 35.5 Å². The third-order valence-electron chi connectivity index (χ3n) is 16.3. The van der Waals surface area contributed by atoms with E-state index < -0.39 is 32.4 Å². The van der Waals surface area contributed by atoms with Crippen molar-refractivity contribution in [2.45, 2.75) is 299 Å². The molecule has 2 aliphatic heterocycles. The summed E-state index contributed by atoms with van der Waals surface area (Å²) in [6, 6.07) is 0. The van der Waals surface area contributed by atoms with E-state index in [0.717, 1.165) is 44.9 Å². The minimum absolute atomic E-state index is 0.0282. The van der Waals surface area contributed by atoms with Crippen LogP contribution in [0.4, 0.5) is 0 Å². The number of carbonyl (C=O) groups excluding carboxylic acids is 1. The lowest BCUT2D eigenvalue weighted by Crippen LogP contribution is -2.47. The van der Waals surface area contributed by atoms with Gasteiger partial charge in [-0.15, -0.1) is 0 Å². The third-order valence-corrected chi connectivity index (χ3v) is 17.6. The molecule has 2 rings (SSSR count). The van der Waals surface area contributed by atoms with E-state index in [-0.39, 0.29) is 56.4 Å². The number of ether oxygens (including phenoxy) is 6. The first kappa shape index (κ1) is 65.5. The third kappa shape index (κ3) is 28.9. The number of hydrogen-bond donors (Lipinski definition) is 0. The van der Waals surface area contributed by atoms with Crippen molar-refractivity contribution in [1.29, 1.82) is 0 Å². The molecule has 0 bridgehead atoms.